The third-order valence-corrected chi connectivity index (χ3v) is 6.37. The molecular weight excluding hydrogens is 449 g/mol. The molecule has 4 aromatic rings. The Labute approximate surface area is 201 Å². The van der Waals surface area contributed by atoms with Crippen molar-refractivity contribution in [2.24, 2.45) is 0 Å². The molecule has 0 saturated carbocycles. The number of anilines is 1. The number of carbonyl (C=O) groups excluding carboxylic acids is 1. The maximum atomic E-state index is 13.1. The van der Waals surface area contributed by atoms with Crippen molar-refractivity contribution < 1.29 is 23.1 Å². The van der Waals surface area contributed by atoms with Crippen LogP contribution in [0.5, 0.6) is 11.5 Å². The number of benzene rings is 2. The Bertz CT molecular complexity index is 1360. The molecule has 0 radical (unpaired) electrons. The van der Waals surface area contributed by atoms with Crippen molar-refractivity contribution >= 4 is 11.6 Å². The molecule has 1 unspecified atom stereocenters. The lowest BCUT2D eigenvalue weighted by atomic mass is 9.99. The van der Waals surface area contributed by atoms with E-state index in [0.717, 1.165) is 30.2 Å². The van der Waals surface area contributed by atoms with Crippen LogP contribution in [0, 0.1) is 5.82 Å². The predicted molar refractivity (Wildman–Crippen MR) is 127 cm³/mol. The third-order valence-electron chi connectivity index (χ3n) is 6.37. The van der Waals surface area contributed by atoms with E-state index in [9.17, 15) is 9.18 Å². The summed E-state index contributed by atoms with van der Waals surface area (Å²) >= 11 is 0. The number of fused-ring (bicyclic) bond motifs is 2. The van der Waals surface area contributed by atoms with Crippen LogP contribution in [0.3, 0.4) is 0 Å². The molecule has 1 amide bonds. The standard InChI is InChI=1S/C27H24FN3O4/c28-19-4-6-20(7-5-19)29-27(32)24-10-8-21(35-24)17-31-13-12-30-11-1-2-22(30)26(31)18-3-9-23-25(16-18)34-15-14-33-23/h1-11,16,26H,12-15,17H2,(H,29,32). The van der Waals surface area contributed by atoms with Crippen molar-refractivity contribution in [3.05, 3.63) is 102 Å². The Morgan fingerprint density at radius 1 is 0.971 bits per heavy atom. The Hall–Kier alpha value is -4.04. The van der Waals surface area contributed by atoms with Crippen LogP contribution in [0.4, 0.5) is 10.1 Å². The fourth-order valence-electron chi connectivity index (χ4n) is 4.72. The van der Waals surface area contributed by atoms with Gasteiger partial charge in [-0.15, -0.1) is 0 Å². The maximum absolute atomic E-state index is 13.1. The van der Waals surface area contributed by atoms with Gasteiger partial charge in [0.05, 0.1) is 12.6 Å². The van der Waals surface area contributed by atoms with Gasteiger partial charge in [0.2, 0.25) is 0 Å². The lowest BCUT2D eigenvalue weighted by molar-refractivity contribution is 0.0989. The monoisotopic (exact) mass is 473 g/mol. The highest BCUT2D eigenvalue weighted by molar-refractivity contribution is 6.02. The molecule has 2 aliphatic rings. The number of nitrogens with one attached hydrogen (secondary N) is 1. The van der Waals surface area contributed by atoms with E-state index < -0.39 is 0 Å². The third kappa shape index (κ3) is 4.28. The smallest absolute Gasteiger partial charge is 0.291 e. The first kappa shape index (κ1) is 21.5. The minimum Gasteiger partial charge on any atom is -0.486 e. The van der Waals surface area contributed by atoms with Gasteiger partial charge < -0.3 is 23.8 Å². The molecule has 7 nitrogen and oxygen atoms in total. The second-order valence-corrected chi connectivity index (χ2v) is 8.63. The van der Waals surface area contributed by atoms with Gasteiger partial charge in [-0.2, -0.15) is 0 Å². The van der Waals surface area contributed by atoms with Gasteiger partial charge in [-0.05, 0) is 66.2 Å². The average Bonchev–Trinajstić information content (AvgIpc) is 3.55. The zero-order valence-electron chi connectivity index (χ0n) is 18.9. The van der Waals surface area contributed by atoms with E-state index in [1.165, 1.54) is 30.0 Å². The largest absolute Gasteiger partial charge is 0.486 e. The summed E-state index contributed by atoms with van der Waals surface area (Å²) in [5.41, 5.74) is 2.80. The van der Waals surface area contributed by atoms with Gasteiger partial charge in [-0.1, -0.05) is 6.07 Å². The zero-order valence-corrected chi connectivity index (χ0v) is 18.9. The summed E-state index contributed by atoms with van der Waals surface area (Å²) in [5.74, 6) is 1.69. The van der Waals surface area contributed by atoms with Crippen LogP contribution in [-0.2, 0) is 13.1 Å². The van der Waals surface area contributed by atoms with Crippen molar-refractivity contribution in [1.82, 2.24) is 9.47 Å². The number of nitrogens with zero attached hydrogens (tertiary/aromatic N) is 2. The first-order valence-corrected chi connectivity index (χ1v) is 11.6. The number of amides is 1. The fourth-order valence-corrected chi connectivity index (χ4v) is 4.72. The zero-order chi connectivity index (χ0) is 23.8. The summed E-state index contributed by atoms with van der Waals surface area (Å²) < 4.78 is 32.8. The Balaban J connectivity index is 1.24. The van der Waals surface area contributed by atoms with Crippen molar-refractivity contribution in [1.29, 1.82) is 0 Å². The van der Waals surface area contributed by atoms with E-state index in [4.69, 9.17) is 13.9 Å². The molecule has 178 valence electrons. The molecule has 2 aromatic carbocycles. The van der Waals surface area contributed by atoms with Crippen LogP contribution in [0.15, 0.2) is 77.3 Å². The van der Waals surface area contributed by atoms with E-state index >= 15 is 0 Å². The summed E-state index contributed by atoms with van der Waals surface area (Å²) in [6.45, 7) is 3.31. The van der Waals surface area contributed by atoms with Crippen molar-refractivity contribution in [3.8, 4) is 11.5 Å². The van der Waals surface area contributed by atoms with Crippen LogP contribution >= 0.6 is 0 Å². The summed E-state index contributed by atoms with van der Waals surface area (Å²) in [6.07, 6.45) is 2.10. The maximum Gasteiger partial charge on any atom is 0.291 e. The summed E-state index contributed by atoms with van der Waals surface area (Å²) in [4.78, 5) is 14.9. The van der Waals surface area contributed by atoms with Crippen LogP contribution in [-0.4, -0.2) is 35.1 Å². The lowest BCUT2D eigenvalue weighted by Crippen LogP contribution is -2.37. The van der Waals surface area contributed by atoms with Crippen LogP contribution in [0.2, 0.25) is 0 Å². The van der Waals surface area contributed by atoms with E-state index in [2.05, 4.69) is 45.2 Å². The molecular formula is C27H24FN3O4. The molecule has 1 atom stereocenters. The molecule has 35 heavy (non-hydrogen) atoms. The van der Waals surface area contributed by atoms with E-state index in [0.29, 0.717) is 31.2 Å². The van der Waals surface area contributed by atoms with Gasteiger partial charge in [0.15, 0.2) is 17.3 Å². The number of carbonyl (C=O) groups is 1. The number of hydrogen-bond acceptors (Lipinski definition) is 5. The second-order valence-electron chi connectivity index (χ2n) is 8.63. The van der Waals surface area contributed by atoms with Gasteiger partial charge in [0.25, 0.3) is 5.91 Å². The van der Waals surface area contributed by atoms with E-state index in [1.807, 2.05) is 12.1 Å². The van der Waals surface area contributed by atoms with Crippen LogP contribution < -0.4 is 14.8 Å². The normalized spacial score (nSPS) is 17.1. The van der Waals surface area contributed by atoms with Crippen molar-refractivity contribution in [3.63, 3.8) is 0 Å². The van der Waals surface area contributed by atoms with Gasteiger partial charge in [-0.25, -0.2) is 4.39 Å². The average molecular weight is 474 g/mol. The Morgan fingerprint density at radius 2 is 1.80 bits per heavy atom. The molecule has 0 fully saturated rings. The van der Waals surface area contributed by atoms with Gasteiger partial charge >= 0.3 is 0 Å². The molecule has 6 rings (SSSR count). The molecule has 2 aliphatic heterocycles. The van der Waals surface area contributed by atoms with Gasteiger partial charge in [0.1, 0.15) is 24.8 Å². The topological polar surface area (TPSA) is 68.9 Å². The molecule has 8 heteroatoms. The molecule has 0 bridgehead atoms. The summed E-state index contributed by atoms with van der Waals surface area (Å²) in [5, 5.41) is 2.73. The summed E-state index contributed by atoms with van der Waals surface area (Å²) in [6, 6.07) is 19.4. The highest BCUT2D eigenvalue weighted by Crippen LogP contribution is 2.39. The number of furan rings is 1. The molecule has 1 N–H and O–H groups in total. The molecule has 0 saturated heterocycles. The van der Waals surface area contributed by atoms with Crippen molar-refractivity contribution in [2.45, 2.75) is 19.1 Å². The quantitative estimate of drug-likeness (QED) is 0.449. The minimum absolute atomic E-state index is 0.00355. The Kier molecular flexibility index (Phi) is 5.50. The minimum atomic E-state index is -0.376. The number of hydrogen-bond donors (Lipinski definition) is 1. The van der Waals surface area contributed by atoms with E-state index in [1.54, 1.807) is 6.07 Å². The first-order chi connectivity index (χ1) is 17.1. The molecule has 0 spiro atoms. The highest BCUT2D eigenvalue weighted by atomic mass is 19.1. The molecule has 0 aliphatic carbocycles. The number of halogens is 1. The van der Waals surface area contributed by atoms with Crippen LogP contribution in [0.25, 0.3) is 0 Å². The van der Waals surface area contributed by atoms with Crippen LogP contribution in [0.1, 0.15) is 33.6 Å². The first-order valence-electron chi connectivity index (χ1n) is 11.6. The second kappa shape index (κ2) is 8.96. The lowest BCUT2D eigenvalue weighted by Gasteiger charge is -2.37. The highest BCUT2D eigenvalue weighted by Gasteiger charge is 2.30. The molecule has 2 aromatic heterocycles. The number of ether oxygens (including phenoxy) is 2. The number of aromatic nitrogens is 1. The van der Waals surface area contributed by atoms with Crippen molar-refractivity contribution in [2.75, 3.05) is 25.1 Å². The predicted octanol–water partition coefficient (Wildman–Crippen LogP) is 4.85. The van der Waals surface area contributed by atoms with Gasteiger partial charge in [-0.3, -0.25) is 9.69 Å². The van der Waals surface area contributed by atoms with E-state index in [-0.39, 0.29) is 23.5 Å². The van der Waals surface area contributed by atoms with Gasteiger partial charge in [0, 0.05) is 30.7 Å². The summed E-state index contributed by atoms with van der Waals surface area (Å²) in [7, 11) is 0. The molecule has 4 heterocycles. The number of rotatable bonds is 5. The SMILES string of the molecule is O=C(Nc1ccc(F)cc1)c1ccc(CN2CCn3cccc3C2c2ccc3c(c2)OCCO3)o1. The fraction of sp³-hybridized carbons (Fsp3) is 0.222. The Morgan fingerprint density at radius 3 is 2.66 bits per heavy atom.